The van der Waals surface area contributed by atoms with E-state index in [4.69, 9.17) is 14.2 Å². The first-order valence-electron chi connectivity index (χ1n) is 25.7. The van der Waals surface area contributed by atoms with E-state index >= 15 is 0 Å². The third-order valence-corrected chi connectivity index (χ3v) is 11.5. The van der Waals surface area contributed by atoms with Crippen LogP contribution in [0.5, 0.6) is 0 Å². The molecule has 1 rings (SSSR count). The van der Waals surface area contributed by atoms with Crippen LogP contribution in [0.3, 0.4) is 0 Å². The number of unbranched alkanes of at least 4 members (excludes halogenated alkanes) is 18. The maximum Gasteiger partial charge on any atom is 0.305 e. The number of esters is 1. The summed E-state index contributed by atoms with van der Waals surface area (Å²) in [6.07, 6.45) is 45.6. The number of carbonyl (C=O) groups is 2. The molecule has 65 heavy (non-hydrogen) atoms. The van der Waals surface area contributed by atoms with Gasteiger partial charge in [-0.25, -0.2) is 0 Å². The minimum Gasteiger partial charge on any atom is -0.466 e. The van der Waals surface area contributed by atoms with Crippen LogP contribution in [0.15, 0.2) is 72.9 Å². The second-order valence-corrected chi connectivity index (χ2v) is 17.5. The van der Waals surface area contributed by atoms with E-state index < -0.39 is 49.5 Å². The Bertz CT molecular complexity index is 1310. The van der Waals surface area contributed by atoms with Crippen molar-refractivity contribution < 1.29 is 49.3 Å². The van der Waals surface area contributed by atoms with Crippen LogP contribution in [0, 0.1) is 0 Å². The second kappa shape index (κ2) is 43.7. The average molecular weight is 916 g/mol. The summed E-state index contributed by atoms with van der Waals surface area (Å²) in [5.41, 5.74) is 0. The minimum absolute atomic E-state index is 0.0537. The molecule has 0 saturated carbocycles. The van der Waals surface area contributed by atoms with Gasteiger partial charge in [0.05, 0.1) is 32.0 Å². The van der Waals surface area contributed by atoms with Gasteiger partial charge in [0, 0.05) is 12.8 Å². The molecule has 0 aromatic carbocycles. The number of aliphatic hydroxyl groups excluding tert-OH is 5. The Labute approximate surface area is 394 Å². The number of hydrogen-bond donors (Lipinski definition) is 6. The number of allylic oxidation sites excluding steroid dienone is 11. The fourth-order valence-corrected chi connectivity index (χ4v) is 7.32. The molecule has 1 amide bonds. The van der Waals surface area contributed by atoms with Crippen molar-refractivity contribution in [3.8, 4) is 0 Å². The Morgan fingerprint density at radius 3 is 1.69 bits per heavy atom. The molecule has 7 atom stereocenters. The smallest absolute Gasteiger partial charge is 0.305 e. The van der Waals surface area contributed by atoms with Gasteiger partial charge in [0.15, 0.2) is 6.29 Å². The van der Waals surface area contributed by atoms with Gasteiger partial charge in [0.1, 0.15) is 24.4 Å². The van der Waals surface area contributed by atoms with Crippen LogP contribution in [-0.4, -0.2) is 100 Å². The summed E-state index contributed by atoms with van der Waals surface area (Å²) in [7, 11) is 0. The summed E-state index contributed by atoms with van der Waals surface area (Å²) in [5.74, 6) is -0.335. The van der Waals surface area contributed by atoms with E-state index in [1.807, 2.05) is 18.2 Å². The van der Waals surface area contributed by atoms with Crippen LogP contribution in [0.2, 0.25) is 0 Å². The number of rotatable bonds is 42. The molecule has 0 aromatic heterocycles. The number of nitrogens with one attached hydrogen (secondary N) is 1. The lowest BCUT2D eigenvalue weighted by molar-refractivity contribution is -0.302. The fraction of sp³-hybridized carbons (Fsp3) is 0.741. The third-order valence-electron chi connectivity index (χ3n) is 11.5. The predicted octanol–water partition coefficient (Wildman–Crippen LogP) is 10.5. The topological polar surface area (TPSA) is 175 Å². The zero-order valence-electron chi connectivity index (χ0n) is 40.7. The Balaban J connectivity index is 2.28. The van der Waals surface area contributed by atoms with Crippen molar-refractivity contribution in [1.82, 2.24) is 5.32 Å². The highest BCUT2D eigenvalue weighted by Crippen LogP contribution is 2.22. The summed E-state index contributed by atoms with van der Waals surface area (Å²) in [6.45, 7) is 4.12. The monoisotopic (exact) mass is 916 g/mol. The third kappa shape index (κ3) is 34.1. The zero-order chi connectivity index (χ0) is 47.4. The number of aliphatic hydroxyl groups is 5. The molecule has 0 bridgehead atoms. The summed E-state index contributed by atoms with van der Waals surface area (Å²) in [4.78, 5) is 25.0. The van der Waals surface area contributed by atoms with Crippen LogP contribution < -0.4 is 5.32 Å². The summed E-state index contributed by atoms with van der Waals surface area (Å²) in [5, 5.41) is 54.1. The summed E-state index contributed by atoms with van der Waals surface area (Å²) in [6, 6.07) is -0.880. The molecule has 0 spiro atoms. The van der Waals surface area contributed by atoms with E-state index in [-0.39, 0.29) is 24.9 Å². The molecule has 1 aliphatic rings. The Morgan fingerprint density at radius 2 is 1.08 bits per heavy atom. The first kappa shape index (κ1) is 60.1. The average Bonchev–Trinajstić information content (AvgIpc) is 3.30. The van der Waals surface area contributed by atoms with Crippen LogP contribution in [-0.2, 0) is 23.8 Å². The van der Waals surface area contributed by atoms with Gasteiger partial charge in [-0.05, 0) is 96.3 Å². The molecule has 1 heterocycles. The lowest BCUT2D eigenvalue weighted by atomic mass is 9.99. The zero-order valence-corrected chi connectivity index (χ0v) is 40.7. The maximum atomic E-state index is 12.9. The van der Waals surface area contributed by atoms with Crippen molar-refractivity contribution in [2.45, 2.75) is 236 Å². The fourth-order valence-electron chi connectivity index (χ4n) is 7.32. The van der Waals surface area contributed by atoms with Crippen LogP contribution in [0.4, 0.5) is 0 Å². The molecule has 0 aliphatic carbocycles. The first-order chi connectivity index (χ1) is 31.7. The van der Waals surface area contributed by atoms with Crippen molar-refractivity contribution in [1.29, 1.82) is 0 Å². The van der Waals surface area contributed by atoms with E-state index in [9.17, 15) is 35.1 Å². The molecule has 0 aromatic rings. The van der Waals surface area contributed by atoms with E-state index in [1.165, 1.54) is 77.0 Å². The van der Waals surface area contributed by atoms with Gasteiger partial charge in [0.25, 0.3) is 0 Å². The molecule has 1 saturated heterocycles. The van der Waals surface area contributed by atoms with Crippen LogP contribution in [0.1, 0.15) is 194 Å². The number of carbonyl (C=O) groups excluding carboxylic acids is 2. The van der Waals surface area contributed by atoms with Crippen molar-refractivity contribution >= 4 is 11.9 Å². The largest absolute Gasteiger partial charge is 0.466 e. The SMILES string of the molecule is CCCC/C=C\CCCCCCCC(=O)OCCCCCCCC/C=C\C/C=C\CCC(=O)NC(COC1OC(CO)C(O)C(O)C1O)C(O)/C=C/CC/C=C/CC/C=C/CCCCC. The van der Waals surface area contributed by atoms with Crippen molar-refractivity contribution in [2.24, 2.45) is 0 Å². The Hall–Kier alpha value is -2.90. The van der Waals surface area contributed by atoms with Crippen LogP contribution in [0.25, 0.3) is 0 Å². The summed E-state index contributed by atoms with van der Waals surface area (Å²) < 4.78 is 16.6. The first-order valence-corrected chi connectivity index (χ1v) is 25.7. The molecular formula is C54H93NO10. The van der Waals surface area contributed by atoms with Crippen molar-refractivity contribution in [3.63, 3.8) is 0 Å². The lowest BCUT2D eigenvalue weighted by Gasteiger charge is -2.40. The molecule has 1 aliphatic heterocycles. The van der Waals surface area contributed by atoms with E-state index in [1.54, 1.807) is 6.08 Å². The lowest BCUT2D eigenvalue weighted by Crippen LogP contribution is -2.60. The Kier molecular flexibility index (Phi) is 40.4. The van der Waals surface area contributed by atoms with Crippen LogP contribution >= 0.6 is 0 Å². The molecule has 6 N–H and O–H groups in total. The highest BCUT2D eigenvalue weighted by atomic mass is 16.7. The Morgan fingerprint density at radius 1 is 0.569 bits per heavy atom. The van der Waals surface area contributed by atoms with Crippen molar-refractivity contribution in [2.75, 3.05) is 19.8 Å². The van der Waals surface area contributed by atoms with Gasteiger partial charge >= 0.3 is 5.97 Å². The van der Waals surface area contributed by atoms with Gasteiger partial charge in [0.2, 0.25) is 5.91 Å². The predicted molar refractivity (Wildman–Crippen MR) is 264 cm³/mol. The van der Waals surface area contributed by atoms with Gasteiger partial charge < -0.3 is 45.1 Å². The van der Waals surface area contributed by atoms with E-state index in [2.05, 4.69) is 67.8 Å². The molecule has 0 radical (unpaired) electrons. The second-order valence-electron chi connectivity index (χ2n) is 17.5. The number of hydrogen-bond acceptors (Lipinski definition) is 10. The molecule has 1 fully saturated rings. The highest BCUT2D eigenvalue weighted by molar-refractivity contribution is 5.76. The number of amides is 1. The molecule has 374 valence electrons. The normalized spacial score (nSPS) is 20.4. The maximum absolute atomic E-state index is 12.9. The molecule has 11 heteroatoms. The molecule has 7 unspecified atom stereocenters. The quantitative estimate of drug-likeness (QED) is 0.0196. The van der Waals surface area contributed by atoms with E-state index in [0.717, 1.165) is 77.0 Å². The van der Waals surface area contributed by atoms with Crippen molar-refractivity contribution in [3.05, 3.63) is 72.9 Å². The van der Waals surface area contributed by atoms with Gasteiger partial charge in [-0.3, -0.25) is 9.59 Å². The standard InChI is InChI=1S/C54H93NO10/c1-3-5-7-9-11-13-15-17-21-24-28-32-36-40-47(57)46(45-64-54-53(62)52(61)51(60)48(44-56)65-54)55-49(58)41-37-33-29-25-22-18-16-19-23-27-31-35-39-43-63-50(59)42-38-34-30-26-20-14-12-10-8-6-4-2/h10-13,18,21-22,24,29,33,36,40,46-48,51-54,56-57,60-62H,3-9,14-17,19-20,23,25-28,30-32,34-35,37-39,41-45H2,1-2H3,(H,55,58)/b12-10-,13-11+,22-18-,24-21+,33-29-,40-36+. The summed E-state index contributed by atoms with van der Waals surface area (Å²) >= 11 is 0. The van der Waals surface area contributed by atoms with Gasteiger partial charge in [-0.15, -0.1) is 0 Å². The highest BCUT2D eigenvalue weighted by Gasteiger charge is 2.44. The molecule has 11 nitrogen and oxygen atoms in total. The minimum atomic E-state index is -1.60. The van der Waals surface area contributed by atoms with E-state index in [0.29, 0.717) is 25.9 Å². The van der Waals surface area contributed by atoms with Gasteiger partial charge in [-0.2, -0.15) is 0 Å². The number of ether oxygens (including phenoxy) is 3. The molecular weight excluding hydrogens is 823 g/mol. The van der Waals surface area contributed by atoms with Gasteiger partial charge in [-0.1, -0.05) is 157 Å².